The zero-order valence-electron chi connectivity index (χ0n) is 21.9. The molecule has 0 bridgehead atoms. The van der Waals surface area contributed by atoms with E-state index in [1.807, 2.05) is 12.1 Å². The van der Waals surface area contributed by atoms with E-state index in [2.05, 4.69) is 27.7 Å². The van der Waals surface area contributed by atoms with Crippen LogP contribution < -0.4 is 15.6 Å². The summed E-state index contributed by atoms with van der Waals surface area (Å²) in [5.74, 6) is 6.13. The number of rotatable bonds is 4. The number of hydrogen-bond acceptors (Lipinski definition) is 7. The minimum atomic E-state index is -0.784. The minimum Gasteiger partial charge on any atom is -0.495 e. The van der Waals surface area contributed by atoms with Crippen molar-refractivity contribution in [2.75, 3.05) is 7.11 Å². The molecule has 196 valence electrons. The normalized spacial score (nSPS) is 10.7. The van der Waals surface area contributed by atoms with E-state index in [1.54, 1.807) is 76.5 Å². The molecule has 0 fully saturated rings. The lowest BCUT2D eigenvalue weighted by molar-refractivity contribution is 0.0483. The van der Waals surface area contributed by atoms with E-state index < -0.39 is 17.6 Å². The van der Waals surface area contributed by atoms with Gasteiger partial charge in [-0.15, -0.1) is 0 Å². The molecule has 9 heteroatoms. The van der Waals surface area contributed by atoms with Crippen LogP contribution in [0, 0.1) is 11.8 Å². The van der Waals surface area contributed by atoms with Gasteiger partial charge in [-0.05, 0) is 57.2 Å². The molecule has 0 aliphatic carbocycles. The Morgan fingerprint density at radius 1 is 0.974 bits per heavy atom. The number of methoxy groups -OCH3 is 1. The van der Waals surface area contributed by atoms with E-state index >= 15 is 0 Å². The van der Waals surface area contributed by atoms with Crippen LogP contribution in [-0.2, 0) is 4.74 Å². The SMILES string of the molecule is COc1cc(-c2cc(C(=O)NNC(=O)OC(C)(C)C)c3cnccc3n2)ccc1C#Cc1ccc(C=O)cc1. The van der Waals surface area contributed by atoms with Crippen molar-refractivity contribution in [2.45, 2.75) is 26.4 Å². The Bertz CT molecular complexity index is 1610. The molecular formula is C30H26N4O5. The van der Waals surface area contributed by atoms with Crippen molar-refractivity contribution in [3.63, 3.8) is 0 Å². The first-order valence-corrected chi connectivity index (χ1v) is 12.0. The average Bonchev–Trinajstić information content (AvgIpc) is 2.93. The second kappa shape index (κ2) is 11.4. The summed E-state index contributed by atoms with van der Waals surface area (Å²) in [4.78, 5) is 44.7. The Kier molecular flexibility index (Phi) is 7.87. The standard InChI is InChI=1S/C30H26N4O5/c1-30(2,3)39-29(37)34-33-28(36)23-16-26(32-25-13-14-31-17-24(23)25)22-12-11-21(27(15-22)38-4)10-9-19-5-7-20(18-35)8-6-19/h5-8,11-18H,1-4H3,(H,33,36)(H,34,37). The third kappa shape index (κ3) is 6.76. The van der Waals surface area contributed by atoms with Gasteiger partial charge >= 0.3 is 6.09 Å². The van der Waals surface area contributed by atoms with Crippen LogP contribution in [0.4, 0.5) is 4.79 Å². The average molecular weight is 523 g/mol. The summed E-state index contributed by atoms with van der Waals surface area (Å²) in [6.07, 6.45) is 3.12. The van der Waals surface area contributed by atoms with E-state index in [0.717, 1.165) is 11.8 Å². The third-order valence-corrected chi connectivity index (χ3v) is 5.42. The molecule has 2 aromatic heterocycles. The summed E-state index contributed by atoms with van der Waals surface area (Å²) < 4.78 is 10.7. The summed E-state index contributed by atoms with van der Waals surface area (Å²) in [5, 5.41) is 0.514. The van der Waals surface area contributed by atoms with Crippen LogP contribution in [0.3, 0.4) is 0 Å². The molecular weight excluding hydrogens is 496 g/mol. The summed E-state index contributed by atoms with van der Waals surface area (Å²) >= 11 is 0. The first-order chi connectivity index (χ1) is 18.7. The maximum atomic E-state index is 13.1. The number of pyridine rings is 2. The summed E-state index contributed by atoms with van der Waals surface area (Å²) in [7, 11) is 1.55. The van der Waals surface area contributed by atoms with Crippen LogP contribution in [0.15, 0.2) is 67.0 Å². The van der Waals surface area contributed by atoms with Gasteiger partial charge in [0.1, 0.15) is 17.6 Å². The predicted octanol–water partition coefficient (Wildman–Crippen LogP) is 4.69. The van der Waals surface area contributed by atoms with Gasteiger partial charge in [0.05, 0.1) is 29.4 Å². The van der Waals surface area contributed by atoms with Gasteiger partial charge in [0.2, 0.25) is 0 Å². The monoisotopic (exact) mass is 522 g/mol. The quantitative estimate of drug-likeness (QED) is 0.227. The van der Waals surface area contributed by atoms with E-state index in [4.69, 9.17) is 14.5 Å². The van der Waals surface area contributed by atoms with Crippen LogP contribution in [0.2, 0.25) is 0 Å². The van der Waals surface area contributed by atoms with Crippen molar-refractivity contribution in [1.82, 2.24) is 20.8 Å². The number of carbonyl (C=O) groups excluding carboxylic acids is 3. The Balaban J connectivity index is 1.65. The fraction of sp³-hybridized carbons (Fsp3) is 0.167. The van der Waals surface area contributed by atoms with Crippen molar-refractivity contribution in [1.29, 1.82) is 0 Å². The number of hydrogen-bond donors (Lipinski definition) is 2. The number of amides is 2. The molecule has 0 aliphatic rings. The van der Waals surface area contributed by atoms with Crippen molar-refractivity contribution >= 4 is 29.2 Å². The number of fused-ring (bicyclic) bond motifs is 1. The van der Waals surface area contributed by atoms with Crippen molar-refractivity contribution in [2.24, 2.45) is 0 Å². The molecule has 2 N–H and O–H groups in total. The number of ether oxygens (including phenoxy) is 2. The zero-order valence-corrected chi connectivity index (χ0v) is 21.9. The lowest BCUT2D eigenvalue weighted by atomic mass is 10.0. The van der Waals surface area contributed by atoms with E-state index in [0.29, 0.717) is 39.0 Å². The Morgan fingerprint density at radius 3 is 2.44 bits per heavy atom. The Morgan fingerprint density at radius 2 is 1.74 bits per heavy atom. The number of benzene rings is 2. The first kappa shape index (κ1) is 26.8. The number of nitrogens with zero attached hydrogens (tertiary/aromatic N) is 2. The molecule has 2 aromatic carbocycles. The van der Waals surface area contributed by atoms with E-state index in [9.17, 15) is 14.4 Å². The molecule has 0 spiro atoms. The molecule has 0 aliphatic heterocycles. The smallest absolute Gasteiger partial charge is 0.426 e. The predicted molar refractivity (Wildman–Crippen MR) is 146 cm³/mol. The van der Waals surface area contributed by atoms with E-state index in [-0.39, 0.29) is 5.56 Å². The van der Waals surface area contributed by atoms with Gasteiger partial charge in [0, 0.05) is 34.5 Å². The third-order valence-electron chi connectivity index (χ3n) is 5.42. The number of aldehydes is 1. The highest BCUT2D eigenvalue weighted by atomic mass is 16.6. The molecule has 2 amide bonds. The largest absolute Gasteiger partial charge is 0.495 e. The van der Waals surface area contributed by atoms with Gasteiger partial charge in [0.15, 0.2) is 0 Å². The second-order valence-corrected chi connectivity index (χ2v) is 9.43. The fourth-order valence-electron chi connectivity index (χ4n) is 3.62. The molecule has 4 rings (SSSR count). The maximum absolute atomic E-state index is 13.1. The number of nitrogens with one attached hydrogen (secondary N) is 2. The lowest BCUT2D eigenvalue weighted by Crippen LogP contribution is -2.44. The molecule has 0 saturated heterocycles. The van der Waals surface area contributed by atoms with Crippen molar-refractivity contribution < 1.29 is 23.9 Å². The summed E-state index contributed by atoms with van der Waals surface area (Å²) in [5.41, 5.74) is 7.95. The molecule has 39 heavy (non-hydrogen) atoms. The highest BCUT2D eigenvalue weighted by Gasteiger charge is 2.19. The second-order valence-electron chi connectivity index (χ2n) is 9.43. The zero-order chi connectivity index (χ0) is 28.0. The lowest BCUT2D eigenvalue weighted by Gasteiger charge is -2.20. The van der Waals surface area contributed by atoms with Gasteiger partial charge in [-0.25, -0.2) is 15.2 Å². The highest BCUT2D eigenvalue weighted by molar-refractivity contribution is 6.07. The molecule has 2 heterocycles. The van der Waals surface area contributed by atoms with Gasteiger partial charge in [-0.1, -0.05) is 30.0 Å². The minimum absolute atomic E-state index is 0.265. The van der Waals surface area contributed by atoms with Crippen molar-refractivity contribution in [3.8, 4) is 28.8 Å². The molecule has 0 saturated carbocycles. The maximum Gasteiger partial charge on any atom is 0.426 e. The van der Waals surface area contributed by atoms with Gasteiger partial charge in [0.25, 0.3) is 5.91 Å². The van der Waals surface area contributed by atoms with E-state index in [1.165, 1.54) is 6.20 Å². The van der Waals surface area contributed by atoms with Gasteiger partial charge < -0.3 is 9.47 Å². The molecule has 0 atom stereocenters. The van der Waals surface area contributed by atoms with Crippen LogP contribution in [0.1, 0.15) is 52.6 Å². The van der Waals surface area contributed by atoms with Crippen LogP contribution in [-0.4, -0.2) is 41.0 Å². The highest BCUT2D eigenvalue weighted by Crippen LogP contribution is 2.29. The Labute approximate surface area is 225 Å². The van der Waals surface area contributed by atoms with Crippen LogP contribution in [0.5, 0.6) is 5.75 Å². The molecule has 0 unspecified atom stereocenters. The number of carbonyl (C=O) groups is 3. The Hall–Kier alpha value is -5.23. The molecule has 0 radical (unpaired) electrons. The number of aromatic nitrogens is 2. The van der Waals surface area contributed by atoms with Crippen LogP contribution in [0.25, 0.3) is 22.2 Å². The summed E-state index contributed by atoms with van der Waals surface area (Å²) in [6.45, 7) is 5.17. The molecule has 4 aromatic rings. The topological polar surface area (TPSA) is 120 Å². The molecule has 9 nitrogen and oxygen atoms in total. The first-order valence-electron chi connectivity index (χ1n) is 12.0. The van der Waals surface area contributed by atoms with Crippen molar-refractivity contribution in [3.05, 3.63) is 89.2 Å². The fourth-order valence-corrected chi connectivity index (χ4v) is 3.62. The summed E-state index contributed by atoms with van der Waals surface area (Å²) in [6, 6.07) is 15.7. The van der Waals surface area contributed by atoms with Crippen LogP contribution >= 0.6 is 0 Å². The number of hydrazine groups is 1. The van der Waals surface area contributed by atoms with Gasteiger partial charge in [-0.2, -0.15) is 0 Å². The van der Waals surface area contributed by atoms with Gasteiger partial charge in [-0.3, -0.25) is 20.0 Å².